The maximum Gasteiger partial charge on any atom is 0.262 e. The maximum atomic E-state index is 12.5. The van der Waals surface area contributed by atoms with Crippen molar-refractivity contribution in [3.63, 3.8) is 0 Å². The van der Waals surface area contributed by atoms with E-state index in [-0.39, 0.29) is 9.92 Å². The molecule has 0 atom stereocenters. The Morgan fingerprint density at radius 3 is 2.50 bits per heavy atom. The summed E-state index contributed by atoms with van der Waals surface area (Å²) in [5.74, 6) is 0. The molecule has 0 radical (unpaired) electrons. The summed E-state index contributed by atoms with van der Waals surface area (Å²) < 4.78 is 27.4. The van der Waals surface area contributed by atoms with Crippen molar-refractivity contribution in [3.8, 4) is 0 Å². The molecule has 0 saturated carbocycles. The molecule has 0 amide bonds. The number of nitrogens with two attached hydrogens (primary N) is 1. The zero-order chi connectivity index (χ0) is 15.1. The normalized spacial score (nSPS) is 11.6. The molecule has 108 valence electrons. The Balaban J connectivity index is 2.52. The van der Waals surface area contributed by atoms with Gasteiger partial charge in [0.1, 0.15) is 0 Å². The van der Waals surface area contributed by atoms with E-state index in [1.807, 2.05) is 0 Å². The van der Waals surface area contributed by atoms with Gasteiger partial charge in [-0.05, 0) is 38.5 Å². The molecular weight excluding hydrogens is 300 g/mol. The average molecular weight is 315 g/mol. The summed E-state index contributed by atoms with van der Waals surface area (Å²) in [6.45, 7) is 5.08. The fourth-order valence-electron chi connectivity index (χ4n) is 1.84. The maximum absolute atomic E-state index is 12.5. The Morgan fingerprint density at radius 2 is 1.95 bits per heavy atom. The SMILES string of the molecule is Cc1n[nH]c(C)c1NS(=O)(=O)c1cc(Cl)cc(N)c1C. The molecule has 0 saturated heterocycles. The highest BCUT2D eigenvalue weighted by Gasteiger charge is 2.21. The van der Waals surface area contributed by atoms with Crippen LogP contribution >= 0.6 is 11.6 Å². The fraction of sp³-hybridized carbons (Fsp3) is 0.250. The Hall–Kier alpha value is -1.73. The number of aromatic nitrogens is 2. The van der Waals surface area contributed by atoms with E-state index in [2.05, 4.69) is 14.9 Å². The van der Waals surface area contributed by atoms with E-state index in [9.17, 15) is 8.42 Å². The van der Waals surface area contributed by atoms with Crippen molar-refractivity contribution in [2.45, 2.75) is 25.7 Å². The van der Waals surface area contributed by atoms with Crippen LogP contribution in [0.3, 0.4) is 0 Å². The second kappa shape index (κ2) is 4.99. The van der Waals surface area contributed by atoms with Gasteiger partial charge in [0.25, 0.3) is 10.0 Å². The molecule has 0 aliphatic carbocycles. The smallest absolute Gasteiger partial charge is 0.262 e. The third-order valence-corrected chi connectivity index (χ3v) is 4.71. The van der Waals surface area contributed by atoms with Crippen molar-refractivity contribution >= 4 is 33.0 Å². The van der Waals surface area contributed by atoms with Gasteiger partial charge in [-0.3, -0.25) is 9.82 Å². The van der Waals surface area contributed by atoms with Crippen LogP contribution in [0.5, 0.6) is 0 Å². The van der Waals surface area contributed by atoms with Crippen LogP contribution in [0.25, 0.3) is 0 Å². The highest BCUT2D eigenvalue weighted by molar-refractivity contribution is 7.92. The van der Waals surface area contributed by atoms with E-state index >= 15 is 0 Å². The highest BCUT2D eigenvalue weighted by atomic mass is 35.5. The molecule has 20 heavy (non-hydrogen) atoms. The summed E-state index contributed by atoms with van der Waals surface area (Å²) in [5, 5.41) is 6.94. The first-order valence-electron chi connectivity index (χ1n) is 5.82. The second-order valence-corrected chi connectivity index (χ2v) is 6.62. The van der Waals surface area contributed by atoms with Crippen molar-refractivity contribution < 1.29 is 8.42 Å². The number of nitrogens with one attached hydrogen (secondary N) is 2. The number of rotatable bonds is 3. The molecule has 0 fully saturated rings. The van der Waals surface area contributed by atoms with E-state index in [0.717, 1.165) is 0 Å². The number of halogens is 1. The van der Waals surface area contributed by atoms with Crippen LogP contribution < -0.4 is 10.5 Å². The highest BCUT2D eigenvalue weighted by Crippen LogP contribution is 2.28. The molecular formula is C12H15ClN4O2S. The summed E-state index contributed by atoms with van der Waals surface area (Å²) in [6.07, 6.45) is 0. The number of hydrogen-bond acceptors (Lipinski definition) is 4. The van der Waals surface area contributed by atoms with E-state index in [0.29, 0.717) is 28.3 Å². The summed E-state index contributed by atoms with van der Waals surface area (Å²) in [6, 6.07) is 2.89. The zero-order valence-electron chi connectivity index (χ0n) is 11.3. The first kappa shape index (κ1) is 14.7. The van der Waals surface area contributed by atoms with Gasteiger partial charge < -0.3 is 5.73 Å². The summed E-state index contributed by atoms with van der Waals surface area (Å²) >= 11 is 5.88. The van der Waals surface area contributed by atoms with E-state index in [1.54, 1.807) is 20.8 Å². The zero-order valence-corrected chi connectivity index (χ0v) is 12.9. The quantitative estimate of drug-likeness (QED) is 0.757. The molecule has 0 aliphatic heterocycles. The van der Waals surface area contributed by atoms with Crippen molar-refractivity contribution in [2.24, 2.45) is 0 Å². The van der Waals surface area contributed by atoms with Gasteiger partial charge in [0, 0.05) is 10.7 Å². The monoisotopic (exact) mass is 314 g/mol. The Kier molecular flexibility index (Phi) is 3.66. The van der Waals surface area contributed by atoms with Crippen LogP contribution in [0.1, 0.15) is 17.0 Å². The van der Waals surface area contributed by atoms with Crippen molar-refractivity contribution in [2.75, 3.05) is 10.5 Å². The molecule has 0 aliphatic rings. The first-order valence-corrected chi connectivity index (χ1v) is 7.68. The third-order valence-electron chi connectivity index (χ3n) is 3.02. The third kappa shape index (κ3) is 2.59. The predicted octanol–water partition coefficient (Wildman–Crippen LogP) is 2.37. The number of nitrogen functional groups attached to an aromatic ring is 1. The number of aromatic amines is 1. The minimum absolute atomic E-state index is 0.0579. The van der Waals surface area contributed by atoms with Crippen molar-refractivity contribution in [3.05, 3.63) is 34.1 Å². The summed E-state index contributed by atoms with van der Waals surface area (Å²) in [7, 11) is -3.78. The molecule has 2 aromatic rings. The number of H-pyrrole nitrogens is 1. The van der Waals surface area contributed by atoms with Gasteiger partial charge >= 0.3 is 0 Å². The largest absolute Gasteiger partial charge is 0.398 e. The fourth-order valence-corrected chi connectivity index (χ4v) is 3.62. The van der Waals surface area contributed by atoms with Gasteiger partial charge in [-0.2, -0.15) is 5.10 Å². The number of benzene rings is 1. The lowest BCUT2D eigenvalue weighted by Gasteiger charge is -2.12. The molecule has 1 aromatic carbocycles. The Morgan fingerprint density at radius 1 is 1.30 bits per heavy atom. The molecule has 2 rings (SSSR count). The van der Waals surface area contributed by atoms with Gasteiger partial charge in [-0.25, -0.2) is 8.42 Å². The lowest BCUT2D eigenvalue weighted by Crippen LogP contribution is -2.16. The van der Waals surface area contributed by atoms with Crippen molar-refractivity contribution in [1.29, 1.82) is 0 Å². The topological polar surface area (TPSA) is 101 Å². The lowest BCUT2D eigenvalue weighted by atomic mass is 10.2. The molecule has 0 unspecified atom stereocenters. The number of nitrogens with zero attached hydrogens (tertiary/aromatic N) is 1. The van der Waals surface area contributed by atoms with E-state index in [4.69, 9.17) is 17.3 Å². The standard InChI is InChI=1S/C12H15ClN4O2S/c1-6-10(14)4-9(13)5-11(6)20(18,19)17-12-7(2)15-16-8(12)3/h4-5,17H,14H2,1-3H3,(H,15,16). The molecule has 4 N–H and O–H groups in total. The van der Waals surface area contributed by atoms with E-state index in [1.165, 1.54) is 12.1 Å². The van der Waals surface area contributed by atoms with Crippen LogP contribution in [0.4, 0.5) is 11.4 Å². The molecule has 6 nitrogen and oxygen atoms in total. The van der Waals surface area contributed by atoms with Gasteiger partial charge in [0.15, 0.2) is 0 Å². The number of aryl methyl sites for hydroxylation is 2. The summed E-state index contributed by atoms with van der Waals surface area (Å²) in [5.41, 5.74) is 8.19. The van der Waals surface area contributed by atoms with Crippen LogP contribution in [0.15, 0.2) is 17.0 Å². The van der Waals surface area contributed by atoms with Crippen LogP contribution in [0, 0.1) is 20.8 Å². The van der Waals surface area contributed by atoms with Crippen LogP contribution in [-0.2, 0) is 10.0 Å². The number of hydrogen-bond donors (Lipinski definition) is 3. The lowest BCUT2D eigenvalue weighted by molar-refractivity contribution is 0.600. The molecule has 0 bridgehead atoms. The Labute approximate surface area is 122 Å². The minimum Gasteiger partial charge on any atom is -0.398 e. The van der Waals surface area contributed by atoms with Gasteiger partial charge in [-0.15, -0.1) is 0 Å². The second-order valence-electron chi connectivity index (χ2n) is 4.53. The number of sulfonamides is 1. The molecule has 0 spiro atoms. The molecule has 8 heteroatoms. The number of anilines is 2. The Bertz CT molecular complexity index is 749. The van der Waals surface area contributed by atoms with Crippen molar-refractivity contribution in [1.82, 2.24) is 10.2 Å². The van der Waals surface area contributed by atoms with Gasteiger partial charge in [-0.1, -0.05) is 11.6 Å². The first-order chi connectivity index (χ1) is 9.22. The van der Waals surface area contributed by atoms with Crippen LogP contribution in [0.2, 0.25) is 5.02 Å². The summed E-state index contributed by atoms with van der Waals surface area (Å²) in [4.78, 5) is 0.0579. The van der Waals surface area contributed by atoms with Gasteiger partial charge in [0.05, 0.1) is 22.0 Å². The predicted molar refractivity (Wildman–Crippen MR) is 79.5 cm³/mol. The molecule has 1 aromatic heterocycles. The van der Waals surface area contributed by atoms with Crippen LogP contribution in [-0.4, -0.2) is 18.6 Å². The van der Waals surface area contributed by atoms with Gasteiger partial charge in [0.2, 0.25) is 0 Å². The van der Waals surface area contributed by atoms with E-state index < -0.39 is 10.0 Å². The minimum atomic E-state index is -3.78. The average Bonchev–Trinajstić information content (AvgIpc) is 2.65. The molecule has 1 heterocycles.